The number of aliphatic hydroxyl groups excluding tert-OH is 1. The maximum Gasteiger partial charge on any atom is 0.422 e. The van der Waals surface area contributed by atoms with Gasteiger partial charge in [0, 0.05) is 37.6 Å². The molecule has 212 valence electrons. The number of alkyl halides is 3. The molecule has 0 saturated carbocycles. The minimum atomic E-state index is -4.67. The maximum atomic E-state index is 13.0. The van der Waals surface area contributed by atoms with Gasteiger partial charge in [0.2, 0.25) is 11.8 Å². The standard InChI is InChI=1S/C25H27F3N2O9/c26-25(27,28)13-36-21(33)6-5-15-3-1-2-4-17(15)24(35)39-19-12-16(11-18-22(19)38-14-37-18)23(34)30-8-7-20(32)29-9-10-31/h1-6,11,18-19,22,31H,7-10,12-14H2,(H,29,32)(H,30,34). The molecule has 1 aromatic rings. The molecule has 1 saturated heterocycles. The number of nitrogens with one attached hydrogen (secondary N) is 2. The molecule has 0 aromatic heterocycles. The molecule has 39 heavy (non-hydrogen) atoms. The highest BCUT2D eigenvalue weighted by Gasteiger charge is 2.42. The van der Waals surface area contributed by atoms with Gasteiger partial charge in [-0.15, -0.1) is 0 Å². The first-order valence-electron chi connectivity index (χ1n) is 11.9. The Kier molecular flexibility index (Phi) is 10.6. The molecule has 11 nitrogen and oxygen atoms in total. The largest absolute Gasteiger partial charge is 0.456 e. The van der Waals surface area contributed by atoms with E-state index in [4.69, 9.17) is 19.3 Å². The van der Waals surface area contributed by atoms with Crippen molar-refractivity contribution in [1.29, 1.82) is 0 Å². The van der Waals surface area contributed by atoms with Crippen LogP contribution >= 0.6 is 0 Å². The average Bonchev–Trinajstić information content (AvgIpc) is 3.38. The lowest BCUT2D eigenvalue weighted by Gasteiger charge is -2.30. The third-order valence-corrected chi connectivity index (χ3v) is 5.58. The van der Waals surface area contributed by atoms with E-state index >= 15 is 0 Å². The van der Waals surface area contributed by atoms with Crippen molar-refractivity contribution in [1.82, 2.24) is 10.6 Å². The second kappa shape index (κ2) is 13.9. The Hall–Kier alpha value is -3.75. The topological polar surface area (TPSA) is 149 Å². The summed E-state index contributed by atoms with van der Waals surface area (Å²) in [6.07, 6.45) is -3.50. The summed E-state index contributed by atoms with van der Waals surface area (Å²) in [5.74, 6) is -2.89. The van der Waals surface area contributed by atoms with E-state index in [9.17, 15) is 32.3 Å². The smallest absolute Gasteiger partial charge is 0.422 e. The SMILES string of the molecule is O=C(CCNC(=O)C1=CC2OCOC2C(OC(=O)c2ccccc2C=CC(=O)OCC(F)(F)F)C1)NCCO. The number of amides is 2. The maximum absolute atomic E-state index is 13.0. The molecule has 1 fully saturated rings. The molecule has 1 aliphatic carbocycles. The predicted molar refractivity (Wildman–Crippen MR) is 127 cm³/mol. The monoisotopic (exact) mass is 556 g/mol. The van der Waals surface area contributed by atoms with Gasteiger partial charge in [-0.25, -0.2) is 9.59 Å². The zero-order valence-corrected chi connectivity index (χ0v) is 20.6. The molecule has 0 bridgehead atoms. The third kappa shape index (κ3) is 9.19. The fourth-order valence-electron chi connectivity index (χ4n) is 3.80. The lowest BCUT2D eigenvalue weighted by molar-refractivity contribution is -0.182. The number of esters is 2. The summed E-state index contributed by atoms with van der Waals surface area (Å²) < 4.78 is 57.5. The van der Waals surface area contributed by atoms with Crippen LogP contribution in [-0.2, 0) is 33.3 Å². The molecule has 0 spiro atoms. The van der Waals surface area contributed by atoms with Gasteiger partial charge in [0.15, 0.2) is 6.61 Å². The number of hydrogen-bond donors (Lipinski definition) is 3. The van der Waals surface area contributed by atoms with Crippen LogP contribution < -0.4 is 10.6 Å². The normalized spacial score (nSPS) is 20.6. The van der Waals surface area contributed by atoms with Gasteiger partial charge in [0.1, 0.15) is 25.1 Å². The summed E-state index contributed by atoms with van der Waals surface area (Å²) in [5, 5.41) is 13.8. The molecule has 3 unspecified atom stereocenters. The van der Waals surface area contributed by atoms with E-state index in [1.807, 2.05) is 0 Å². The van der Waals surface area contributed by atoms with Crippen molar-refractivity contribution in [3.05, 3.63) is 53.1 Å². The van der Waals surface area contributed by atoms with Gasteiger partial charge in [0.25, 0.3) is 0 Å². The molecule has 14 heteroatoms. The summed E-state index contributed by atoms with van der Waals surface area (Å²) in [6.45, 7) is -1.89. The van der Waals surface area contributed by atoms with Crippen LogP contribution in [0.3, 0.4) is 0 Å². The van der Waals surface area contributed by atoms with Crippen molar-refractivity contribution in [2.24, 2.45) is 0 Å². The number of fused-ring (bicyclic) bond motifs is 1. The fraction of sp³-hybridized carbons (Fsp3) is 0.440. The first kappa shape index (κ1) is 29.8. The molecule has 3 rings (SSSR count). The quantitative estimate of drug-likeness (QED) is 0.268. The van der Waals surface area contributed by atoms with Crippen molar-refractivity contribution in [2.75, 3.05) is 33.1 Å². The summed E-state index contributed by atoms with van der Waals surface area (Å²) in [4.78, 5) is 49.0. The molecular formula is C25H27F3N2O9. The van der Waals surface area contributed by atoms with Gasteiger partial charge in [0.05, 0.1) is 12.2 Å². The van der Waals surface area contributed by atoms with Crippen LogP contribution in [0.2, 0.25) is 0 Å². The van der Waals surface area contributed by atoms with Gasteiger partial charge in [-0.1, -0.05) is 18.2 Å². The van der Waals surface area contributed by atoms with Crippen molar-refractivity contribution >= 4 is 29.8 Å². The van der Waals surface area contributed by atoms with E-state index < -0.39 is 48.9 Å². The zero-order valence-electron chi connectivity index (χ0n) is 20.6. The van der Waals surface area contributed by atoms with Crippen LogP contribution in [0.4, 0.5) is 13.2 Å². The average molecular weight is 556 g/mol. The van der Waals surface area contributed by atoms with Gasteiger partial charge in [-0.3, -0.25) is 9.59 Å². The lowest BCUT2D eigenvalue weighted by atomic mass is 9.91. The second-order valence-electron chi connectivity index (χ2n) is 8.44. The first-order valence-corrected chi connectivity index (χ1v) is 11.9. The van der Waals surface area contributed by atoms with Gasteiger partial charge < -0.3 is 34.7 Å². The van der Waals surface area contributed by atoms with Gasteiger partial charge >= 0.3 is 18.1 Å². The molecule has 1 heterocycles. The number of ether oxygens (including phenoxy) is 4. The minimum Gasteiger partial charge on any atom is -0.456 e. The summed E-state index contributed by atoms with van der Waals surface area (Å²) in [7, 11) is 0. The Bertz CT molecular complexity index is 1120. The number of carbonyl (C=O) groups excluding carboxylic acids is 4. The lowest BCUT2D eigenvalue weighted by Crippen LogP contribution is -2.43. The zero-order chi connectivity index (χ0) is 28.4. The van der Waals surface area contributed by atoms with Crippen molar-refractivity contribution in [3.8, 4) is 0 Å². The number of halogens is 3. The van der Waals surface area contributed by atoms with Crippen LogP contribution in [0, 0.1) is 0 Å². The van der Waals surface area contributed by atoms with Crippen molar-refractivity contribution in [3.63, 3.8) is 0 Å². The molecule has 0 radical (unpaired) electrons. The van der Waals surface area contributed by atoms with Crippen LogP contribution in [0.25, 0.3) is 6.08 Å². The number of carbonyl (C=O) groups is 4. The van der Waals surface area contributed by atoms with Crippen LogP contribution in [0.5, 0.6) is 0 Å². The van der Waals surface area contributed by atoms with Crippen LogP contribution in [0.1, 0.15) is 28.8 Å². The van der Waals surface area contributed by atoms with E-state index in [0.717, 1.165) is 12.2 Å². The molecular weight excluding hydrogens is 529 g/mol. The van der Waals surface area contributed by atoms with Crippen LogP contribution in [0.15, 0.2) is 42.0 Å². The van der Waals surface area contributed by atoms with E-state index in [2.05, 4.69) is 15.4 Å². The molecule has 2 aliphatic rings. The Labute approximate surface area is 220 Å². The minimum absolute atomic E-state index is 0.00283. The number of hydrogen-bond acceptors (Lipinski definition) is 9. The van der Waals surface area contributed by atoms with Gasteiger partial charge in [-0.05, 0) is 23.8 Å². The second-order valence-corrected chi connectivity index (χ2v) is 8.44. The van der Waals surface area contributed by atoms with Crippen molar-refractivity contribution < 1.29 is 56.4 Å². The highest BCUT2D eigenvalue weighted by Crippen LogP contribution is 2.31. The summed E-state index contributed by atoms with van der Waals surface area (Å²) in [6, 6.07) is 5.95. The Balaban J connectivity index is 1.63. The predicted octanol–water partition coefficient (Wildman–Crippen LogP) is 1.02. The number of benzene rings is 1. The van der Waals surface area contributed by atoms with Crippen molar-refractivity contribution in [2.45, 2.75) is 37.3 Å². The Morgan fingerprint density at radius 3 is 2.62 bits per heavy atom. The Morgan fingerprint density at radius 2 is 1.87 bits per heavy atom. The third-order valence-electron chi connectivity index (χ3n) is 5.58. The molecule has 3 atom stereocenters. The van der Waals surface area contributed by atoms with E-state index in [0.29, 0.717) is 0 Å². The van der Waals surface area contributed by atoms with E-state index in [1.165, 1.54) is 18.2 Å². The summed E-state index contributed by atoms with van der Waals surface area (Å²) in [5.41, 5.74) is 0.466. The first-order chi connectivity index (χ1) is 18.6. The molecule has 3 N–H and O–H groups in total. The van der Waals surface area contributed by atoms with Gasteiger partial charge in [-0.2, -0.15) is 13.2 Å². The molecule has 1 aromatic carbocycles. The highest BCUT2D eigenvalue weighted by atomic mass is 19.4. The highest BCUT2D eigenvalue weighted by molar-refractivity contribution is 5.96. The Morgan fingerprint density at radius 1 is 1.10 bits per heavy atom. The number of aliphatic hydroxyl groups is 1. The number of rotatable bonds is 11. The summed E-state index contributed by atoms with van der Waals surface area (Å²) >= 11 is 0. The van der Waals surface area contributed by atoms with E-state index in [-0.39, 0.29) is 61.9 Å². The molecule has 1 aliphatic heterocycles. The molecule has 2 amide bonds. The fourth-order valence-corrected chi connectivity index (χ4v) is 3.80. The van der Waals surface area contributed by atoms with Crippen LogP contribution in [-0.4, -0.2) is 86.4 Å². The van der Waals surface area contributed by atoms with E-state index in [1.54, 1.807) is 12.1 Å².